The molecule has 1 aliphatic rings. The Kier molecular flexibility index (Phi) is 10.6. The van der Waals surface area contributed by atoms with Crippen molar-refractivity contribution in [2.24, 2.45) is 0 Å². The summed E-state index contributed by atoms with van der Waals surface area (Å²) in [5.41, 5.74) is 4.07. The smallest absolute Gasteiger partial charge is 0.407 e. The highest BCUT2D eigenvalue weighted by molar-refractivity contribution is 6.31. The van der Waals surface area contributed by atoms with Crippen molar-refractivity contribution in [1.29, 1.82) is 0 Å². The summed E-state index contributed by atoms with van der Waals surface area (Å²) in [6.45, 7) is 5.28. The van der Waals surface area contributed by atoms with Gasteiger partial charge >= 0.3 is 18.0 Å². The lowest BCUT2D eigenvalue weighted by Gasteiger charge is -2.36. The van der Waals surface area contributed by atoms with E-state index in [0.29, 0.717) is 21.7 Å². The van der Waals surface area contributed by atoms with Crippen LogP contribution in [0.5, 0.6) is 0 Å². The number of nitrogens with one attached hydrogen (secondary N) is 1. The number of carbonyl (C=O) groups excluding carboxylic acids is 3. The lowest BCUT2D eigenvalue weighted by molar-refractivity contribution is -0.158. The van der Waals surface area contributed by atoms with Crippen LogP contribution in [0, 0.1) is 0 Å². The van der Waals surface area contributed by atoms with Crippen LogP contribution in [0.15, 0.2) is 133 Å². The number of carbonyl (C=O) groups is 3. The molecule has 0 unspecified atom stereocenters. The lowest BCUT2D eigenvalue weighted by atomic mass is 9.80. The highest BCUT2D eigenvalue weighted by Crippen LogP contribution is 2.45. The quantitative estimate of drug-likeness (QED) is 0.0839. The van der Waals surface area contributed by atoms with E-state index < -0.39 is 35.3 Å². The molecule has 5 aromatic rings. The minimum absolute atomic E-state index is 0.0669. The lowest BCUT2D eigenvalue weighted by Crippen LogP contribution is -2.45. The zero-order valence-electron chi connectivity index (χ0n) is 28.8. The normalized spacial score (nSPS) is 13.0. The maximum atomic E-state index is 14.0. The van der Waals surface area contributed by atoms with Gasteiger partial charge in [0.15, 0.2) is 5.60 Å². The second kappa shape index (κ2) is 15.2. The van der Waals surface area contributed by atoms with Gasteiger partial charge in [0, 0.05) is 34.1 Å². The molecule has 1 N–H and O–H groups in total. The minimum atomic E-state index is -1.40. The van der Waals surface area contributed by atoms with E-state index >= 15 is 0 Å². The standard InChI is InChI=1S/C43H40ClNO6/c1-42(2,3)51-40(47)38(45-41(48)49-28-35-33-22-12-10-20-31(33)32-21-11-13-23-34(32)35)26-27-39(46)50-43(29-16-6-4-7-17-29,30-18-8-5-9-19-30)36-24-14-15-25-37(36)44/h4-25,35,38H,26-28H2,1-3H3,(H,45,48)/t38-/m1/s1. The number of rotatable bonds is 11. The van der Waals surface area contributed by atoms with Gasteiger partial charge in [0.25, 0.3) is 0 Å². The Morgan fingerprint density at radius 3 is 1.75 bits per heavy atom. The maximum Gasteiger partial charge on any atom is 0.407 e. The first-order chi connectivity index (χ1) is 24.6. The second-order valence-corrected chi connectivity index (χ2v) is 13.9. The molecule has 51 heavy (non-hydrogen) atoms. The van der Waals surface area contributed by atoms with Gasteiger partial charge in [0.1, 0.15) is 18.2 Å². The first-order valence-corrected chi connectivity index (χ1v) is 17.4. The fourth-order valence-corrected chi connectivity index (χ4v) is 6.90. The Balaban J connectivity index is 1.22. The molecule has 1 amide bonds. The molecule has 0 fully saturated rings. The van der Waals surface area contributed by atoms with E-state index in [1.165, 1.54) is 0 Å². The number of hydrogen-bond donors (Lipinski definition) is 1. The molecule has 0 saturated carbocycles. The molecule has 0 saturated heterocycles. The second-order valence-electron chi connectivity index (χ2n) is 13.5. The highest BCUT2D eigenvalue weighted by Gasteiger charge is 2.42. The van der Waals surface area contributed by atoms with E-state index in [1.54, 1.807) is 26.8 Å². The van der Waals surface area contributed by atoms with Crippen LogP contribution < -0.4 is 5.32 Å². The van der Waals surface area contributed by atoms with E-state index in [2.05, 4.69) is 17.4 Å². The van der Waals surface area contributed by atoms with Crippen molar-refractivity contribution in [2.45, 2.75) is 56.8 Å². The molecule has 1 aliphatic carbocycles. The first kappa shape index (κ1) is 35.4. The van der Waals surface area contributed by atoms with Crippen LogP contribution in [-0.4, -0.2) is 36.3 Å². The van der Waals surface area contributed by atoms with Crippen LogP contribution in [0.1, 0.15) is 67.3 Å². The van der Waals surface area contributed by atoms with Crippen molar-refractivity contribution in [3.8, 4) is 11.1 Å². The van der Waals surface area contributed by atoms with Crippen LogP contribution >= 0.6 is 11.6 Å². The van der Waals surface area contributed by atoms with Crippen LogP contribution in [-0.2, 0) is 29.4 Å². The van der Waals surface area contributed by atoms with Gasteiger partial charge in [0.05, 0.1) is 0 Å². The Morgan fingerprint density at radius 1 is 0.686 bits per heavy atom. The Hall–Kier alpha value is -5.40. The molecule has 0 aromatic heterocycles. The summed E-state index contributed by atoms with van der Waals surface area (Å²) < 4.78 is 17.9. The molecule has 5 aromatic carbocycles. The summed E-state index contributed by atoms with van der Waals surface area (Å²) in [6.07, 6.45) is -1.11. The number of alkyl carbamates (subject to hydrolysis) is 1. The monoisotopic (exact) mass is 701 g/mol. The van der Waals surface area contributed by atoms with Gasteiger partial charge in [-0.15, -0.1) is 0 Å². The van der Waals surface area contributed by atoms with Crippen molar-refractivity contribution in [1.82, 2.24) is 5.32 Å². The molecule has 7 nitrogen and oxygen atoms in total. The summed E-state index contributed by atoms with van der Waals surface area (Å²) in [7, 11) is 0. The third kappa shape index (κ3) is 7.84. The number of fused-ring (bicyclic) bond motifs is 3. The van der Waals surface area contributed by atoms with Gasteiger partial charge in [-0.25, -0.2) is 9.59 Å². The number of amides is 1. The Morgan fingerprint density at radius 2 is 1.20 bits per heavy atom. The van der Waals surface area contributed by atoms with Gasteiger partial charge in [0.2, 0.25) is 0 Å². The number of esters is 2. The topological polar surface area (TPSA) is 90.9 Å². The van der Waals surface area contributed by atoms with Crippen molar-refractivity contribution < 1.29 is 28.6 Å². The molecule has 6 rings (SSSR count). The largest absolute Gasteiger partial charge is 0.458 e. The number of halogens is 1. The van der Waals surface area contributed by atoms with Crippen molar-refractivity contribution >= 4 is 29.6 Å². The maximum absolute atomic E-state index is 14.0. The molecule has 0 radical (unpaired) electrons. The Labute approximate surface area is 303 Å². The average Bonchev–Trinajstić information content (AvgIpc) is 3.45. The van der Waals surface area contributed by atoms with Crippen molar-refractivity contribution in [3.63, 3.8) is 0 Å². The van der Waals surface area contributed by atoms with Crippen LogP contribution in [0.25, 0.3) is 11.1 Å². The molecule has 0 heterocycles. The predicted molar refractivity (Wildman–Crippen MR) is 197 cm³/mol. The van der Waals surface area contributed by atoms with Gasteiger partial charge in [-0.1, -0.05) is 139 Å². The third-order valence-electron chi connectivity index (χ3n) is 8.84. The first-order valence-electron chi connectivity index (χ1n) is 17.0. The summed E-state index contributed by atoms with van der Waals surface area (Å²) in [5.74, 6) is -1.45. The van der Waals surface area contributed by atoms with Crippen LogP contribution in [0.3, 0.4) is 0 Å². The molecule has 0 spiro atoms. The molecular weight excluding hydrogens is 662 g/mol. The van der Waals surface area contributed by atoms with Crippen molar-refractivity contribution in [2.75, 3.05) is 6.61 Å². The zero-order valence-corrected chi connectivity index (χ0v) is 29.6. The molecule has 260 valence electrons. The van der Waals surface area contributed by atoms with Gasteiger partial charge in [-0.2, -0.15) is 0 Å². The van der Waals surface area contributed by atoms with E-state index in [1.807, 2.05) is 115 Å². The highest BCUT2D eigenvalue weighted by atomic mass is 35.5. The SMILES string of the molecule is CC(C)(C)OC(=O)[C@@H](CCC(=O)OC(c1ccccc1)(c1ccccc1)c1ccccc1Cl)NC(=O)OCC1c2ccccc2-c2ccccc21. The summed E-state index contributed by atoms with van der Waals surface area (Å²) in [5, 5.41) is 3.09. The van der Waals surface area contributed by atoms with Crippen LogP contribution in [0.4, 0.5) is 4.79 Å². The van der Waals surface area contributed by atoms with E-state index in [-0.39, 0.29) is 25.4 Å². The summed E-state index contributed by atoms with van der Waals surface area (Å²) in [4.78, 5) is 40.7. The van der Waals surface area contributed by atoms with Gasteiger partial charge < -0.3 is 19.5 Å². The fraction of sp³-hybridized carbons (Fsp3) is 0.233. The molecule has 0 bridgehead atoms. The van der Waals surface area contributed by atoms with Crippen LogP contribution in [0.2, 0.25) is 5.02 Å². The van der Waals surface area contributed by atoms with Gasteiger partial charge in [-0.05, 0) is 55.5 Å². The Bertz CT molecular complexity index is 1920. The molecule has 0 aliphatic heterocycles. The zero-order chi connectivity index (χ0) is 36.0. The van der Waals surface area contributed by atoms with Crippen molar-refractivity contribution in [3.05, 3.63) is 166 Å². The average molecular weight is 702 g/mol. The molecular formula is C43H40ClNO6. The van der Waals surface area contributed by atoms with Gasteiger partial charge in [-0.3, -0.25) is 4.79 Å². The van der Waals surface area contributed by atoms with E-state index in [4.69, 9.17) is 25.8 Å². The number of benzene rings is 5. The van der Waals surface area contributed by atoms with E-state index in [9.17, 15) is 14.4 Å². The fourth-order valence-electron chi connectivity index (χ4n) is 6.63. The third-order valence-corrected chi connectivity index (χ3v) is 9.17. The molecule has 8 heteroatoms. The summed E-state index contributed by atoms with van der Waals surface area (Å²) in [6, 6.07) is 40.9. The van der Waals surface area contributed by atoms with E-state index in [0.717, 1.165) is 22.3 Å². The number of ether oxygens (including phenoxy) is 3. The molecule has 1 atom stereocenters. The predicted octanol–water partition coefficient (Wildman–Crippen LogP) is 9.20. The minimum Gasteiger partial charge on any atom is -0.458 e. The summed E-state index contributed by atoms with van der Waals surface area (Å²) >= 11 is 6.80. The number of hydrogen-bond acceptors (Lipinski definition) is 6.